The molecule has 0 amide bonds. The van der Waals surface area contributed by atoms with Crippen molar-refractivity contribution in [1.29, 1.82) is 0 Å². The molecule has 106 valence electrons. The molecule has 1 aromatic rings. The zero-order chi connectivity index (χ0) is 13.7. The Kier molecular flexibility index (Phi) is 5.26. The minimum atomic E-state index is 0.487. The standard InChI is InChI=1S/C17H28N2/c1-4-16(18-5-2)15-8-6-7-9-17(15)19-12-10-14(3)11-13-19/h6-9,14,16,18H,4-5,10-13H2,1-3H3. The lowest BCUT2D eigenvalue weighted by Crippen LogP contribution is -2.34. The summed E-state index contributed by atoms with van der Waals surface area (Å²) in [5.41, 5.74) is 2.92. The van der Waals surface area contributed by atoms with E-state index in [2.05, 4.69) is 55.3 Å². The Morgan fingerprint density at radius 1 is 1.21 bits per heavy atom. The van der Waals surface area contributed by atoms with Gasteiger partial charge in [0, 0.05) is 24.8 Å². The zero-order valence-electron chi connectivity index (χ0n) is 12.7. The molecule has 1 unspecified atom stereocenters. The second-order valence-electron chi connectivity index (χ2n) is 5.75. The van der Waals surface area contributed by atoms with Crippen molar-refractivity contribution in [2.24, 2.45) is 5.92 Å². The van der Waals surface area contributed by atoms with E-state index in [0.717, 1.165) is 18.9 Å². The van der Waals surface area contributed by atoms with Gasteiger partial charge in [-0.05, 0) is 43.4 Å². The number of hydrogen-bond donors (Lipinski definition) is 1. The maximum Gasteiger partial charge on any atom is 0.0414 e. The minimum absolute atomic E-state index is 0.487. The Morgan fingerprint density at radius 2 is 1.89 bits per heavy atom. The van der Waals surface area contributed by atoms with Crippen molar-refractivity contribution in [2.45, 2.75) is 46.1 Å². The van der Waals surface area contributed by atoms with Crippen molar-refractivity contribution in [1.82, 2.24) is 5.32 Å². The van der Waals surface area contributed by atoms with Crippen molar-refractivity contribution in [3.63, 3.8) is 0 Å². The summed E-state index contributed by atoms with van der Waals surface area (Å²) in [4.78, 5) is 2.58. The van der Waals surface area contributed by atoms with Crippen LogP contribution in [0.15, 0.2) is 24.3 Å². The average molecular weight is 260 g/mol. The van der Waals surface area contributed by atoms with Gasteiger partial charge in [-0.25, -0.2) is 0 Å². The van der Waals surface area contributed by atoms with Crippen molar-refractivity contribution in [2.75, 3.05) is 24.5 Å². The molecular formula is C17H28N2. The first-order valence-electron chi connectivity index (χ1n) is 7.83. The molecule has 2 rings (SSSR count). The van der Waals surface area contributed by atoms with E-state index in [4.69, 9.17) is 0 Å². The number of nitrogens with one attached hydrogen (secondary N) is 1. The summed E-state index contributed by atoms with van der Waals surface area (Å²) in [6, 6.07) is 9.43. The van der Waals surface area contributed by atoms with Gasteiger partial charge >= 0.3 is 0 Å². The number of benzene rings is 1. The van der Waals surface area contributed by atoms with E-state index in [1.165, 1.54) is 37.2 Å². The highest BCUT2D eigenvalue weighted by atomic mass is 15.1. The van der Waals surface area contributed by atoms with E-state index < -0.39 is 0 Å². The monoisotopic (exact) mass is 260 g/mol. The predicted octanol–water partition coefficient (Wildman–Crippen LogP) is 3.98. The van der Waals surface area contributed by atoms with Gasteiger partial charge in [-0.15, -0.1) is 0 Å². The van der Waals surface area contributed by atoms with Crippen LogP contribution in [0.2, 0.25) is 0 Å². The fourth-order valence-corrected chi connectivity index (χ4v) is 3.04. The van der Waals surface area contributed by atoms with Crippen LogP contribution < -0.4 is 10.2 Å². The van der Waals surface area contributed by atoms with Crippen LogP contribution in [0.1, 0.15) is 51.6 Å². The van der Waals surface area contributed by atoms with Crippen LogP contribution >= 0.6 is 0 Å². The molecule has 1 saturated heterocycles. The van der Waals surface area contributed by atoms with Gasteiger partial charge in [-0.2, -0.15) is 0 Å². The summed E-state index contributed by atoms with van der Waals surface area (Å²) in [7, 11) is 0. The van der Waals surface area contributed by atoms with Gasteiger partial charge in [0.15, 0.2) is 0 Å². The zero-order valence-corrected chi connectivity index (χ0v) is 12.7. The second-order valence-corrected chi connectivity index (χ2v) is 5.75. The Hall–Kier alpha value is -1.02. The van der Waals surface area contributed by atoms with E-state index in [9.17, 15) is 0 Å². The molecule has 19 heavy (non-hydrogen) atoms. The van der Waals surface area contributed by atoms with Crippen LogP contribution in [0.4, 0.5) is 5.69 Å². The summed E-state index contributed by atoms with van der Waals surface area (Å²) in [5, 5.41) is 3.61. The highest BCUT2D eigenvalue weighted by Gasteiger charge is 2.20. The summed E-state index contributed by atoms with van der Waals surface area (Å²) in [5.74, 6) is 0.888. The van der Waals surface area contributed by atoms with Gasteiger partial charge < -0.3 is 10.2 Å². The molecule has 1 aliphatic rings. The lowest BCUT2D eigenvalue weighted by molar-refractivity contribution is 0.436. The molecule has 1 heterocycles. The molecule has 0 aromatic heterocycles. The third kappa shape index (κ3) is 3.50. The molecular weight excluding hydrogens is 232 g/mol. The Balaban J connectivity index is 2.20. The summed E-state index contributed by atoms with van der Waals surface area (Å²) >= 11 is 0. The highest BCUT2D eigenvalue weighted by molar-refractivity contribution is 5.55. The highest BCUT2D eigenvalue weighted by Crippen LogP contribution is 2.31. The lowest BCUT2D eigenvalue weighted by Gasteiger charge is -2.35. The first-order valence-corrected chi connectivity index (χ1v) is 7.83. The molecule has 1 aromatic carbocycles. The van der Waals surface area contributed by atoms with Crippen LogP contribution in [0, 0.1) is 5.92 Å². The molecule has 1 fully saturated rings. The van der Waals surface area contributed by atoms with Gasteiger partial charge in [0.05, 0.1) is 0 Å². The molecule has 0 saturated carbocycles. The van der Waals surface area contributed by atoms with Crippen molar-refractivity contribution in [3.05, 3.63) is 29.8 Å². The fourth-order valence-electron chi connectivity index (χ4n) is 3.04. The van der Waals surface area contributed by atoms with E-state index in [1.54, 1.807) is 0 Å². The molecule has 0 spiro atoms. The molecule has 1 aliphatic heterocycles. The Morgan fingerprint density at radius 3 is 2.53 bits per heavy atom. The van der Waals surface area contributed by atoms with Crippen LogP contribution in [-0.2, 0) is 0 Å². The minimum Gasteiger partial charge on any atom is -0.371 e. The first-order chi connectivity index (χ1) is 9.26. The van der Waals surface area contributed by atoms with E-state index in [-0.39, 0.29) is 0 Å². The number of anilines is 1. The van der Waals surface area contributed by atoms with Gasteiger partial charge in [0.2, 0.25) is 0 Å². The number of hydrogen-bond acceptors (Lipinski definition) is 2. The quantitative estimate of drug-likeness (QED) is 0.861. The Labute approximate surface area is 118 Å². The van der Waals surface area contributed by atoms with Crippen molar-refractivity contribution in [3.8, 4) is 0 Å². The van der Waals surface area contributed by atoms with Gasteiger partial charge in [0.25, 0.3) is 0 Å². The van der Waals surface area contributed by atoms with Gasteiger partial charge in [0.1, 0.15) is 0 Å². The van der Waals surface area contributed by atoms with E-state index >= 15 is 0 Å². The molecule has 0 bridgehead atoms. The summed E-state index contributed by atoms with van der Waals surface area (Å²) in [6.07, 6.45) is 3.80. The summed E-state index contributed by atoms with van der Waals surface area (Å²) < 4.78 is 0. The van der Waals surface area contributed by atoms with E-state index in [1.807, 2.05) is 0 Å². The normalized spacial score (nSPS) is 18.6. The van der Waals surface area contributed by atoms with Gasteiger partial charge in [-0.3, -0.25) is 0 Å². The maximum atomic E-state index is 3.61. The predicted molar refractivity (Wildman–Crippen MR) is 83.8 cm³/mol. The Bertz CT molecular complexity index is 381. The molecule has 2 nitrogen and oxygen atoms in total. The van der Waals surface area contributed by atoms with Crippen molar-refractivity contribution < 1.29 is 0 Å². The van der Waals surface area contributed by atoms with E-state index in [0.29, 0.717) is 6.04 Å². The largest absolute Gasteiger partial charge is 0.371 e. The van der Waals surface area contributed by atoms with Crippen LogP contribution in [0.25, 0.3) is 0 Å². The molecule has 0 aliphatic carbocycles. The molecule has 1 atom stereocenters. The second kappa shape index (κ2) is 6.95. The van der Waals surface area contributed by atoms with Crippen molar-refractivity contribution >= 4 is 5.69 Å². The number of piperidine rings is 1. The molecule has 2 heteroatoms. The maximum absolute atomic E-state index is 3.61. The smallest absolute Gasteiger partial charge is 0.0414 e. The third-order valence-corrected chi connectivity index (χ3v) is 4.30. The SMILES string of the molecule is CCNC(CC)c1ccccc1N1CCC(C)CC1. The molecule has 0 radical (unpaired) electrons. The number of nitrogens with zero attached hydrogens (tertiary/aromatic N) is 1. The molecule has 1 N–H and O–H groups in total. The number of para-hydroxylation sites is 1. The van der Waals surface area contributed by atoms with Crippen LogP contribution in [-0.4, -0.2) is 19.6 Å². The van der Waals surface area contributed by atoms with Gasteiger partial charge in [-0.1, -0.05) is 39.0 Å². The fraction of sp³-hybridized carbons (Fsp3) is 0.647. The van der Waals surface area contributed by atoms with Crippen LogP contribution in [0.3, 0.4) is 0 Å². The first kappa shape index (κ1) is 14.4. The average Bonchev–Trinajstić information content (AvgIpc) is 2.46. The summed E-state index contributed by atoms with van der Waals surface area (Å²) in [6.45, 7) is 10.3. The topological polar surface area (TPSA) is 15.3 Å². The number of rotatable bonds is 5. The third-order valence-electron chi connectivity index (χ3n) is 4.30. The van der Waals surface area contributed by atoms with Crippen LogP contribution in [0.5, 0.6) is 0 Å². The lowest BCUT2D eigenvalue weighted by atomic mass is 9.96.